The Morgan fingerprint density at radius 2 is 1.50 bits per heavy atom. The third kappa shape index (κ3) is 2.10. The average molecular weight is 188 g/mol. The number of allylic oxidation sites excluding steroid dienone is 1. The van der Waals surface area contributed by atoms with Crippen LogP contribution in [0, 0.1) is 0 Å². The molecule has 0 saturated heterocycles. The van der Waals surface area contributed by atoms with E-state index >= 15 is 0 Å². The predicted molar refractivity (Wildman–Crippen MR) is 53.6 cm³/mol. The Bertz CT molecular complexity index is 347. The van der Waals surface area contributed by atoms with Gasteiger partial charge in [0.25, 0.3) is 0 Å². The van der Waals surface area contributed by atoms with E-state index in [0.29, 0.717) is 0 Å². The quantitative estimate of drug-likeness (QED) is 0.679. The van der Waals surface area contributed by atoms with Crippen LogP contribution in [0.15, 0.2) is 49.1 Å². The standard InChI is InChI=1S/C10H12N4/c1-10(8-13-6-2-4-11-13)9-14-7-3-5-12-14/h2-7H,1,8-9H2. The summed E-state index contributed by atoms with van der Waals surface area (Å²) in [7, 11) is 0. The highest BCUT2D eigenvalue weighted by Crippen LogP contribution is 1.99. The first-order valence-electron chi connectivity index (χ1n) is 4.46. The summed E-state index contributed by atoms with van der Waals surface area (Å²) >= 11 is 0. The van der Waals surface area contributed by atoms with Gasteiger partial charge in [-0.25, -0.2) is 0 Å². The van der Waals surface area contributed by atoms with Gasteiger partial charge in [-0.05, 0) is 17.7 Å². The van der Waals surface area contributed by atoms with Crippen LogP contribution in [0.3, 0.4) is 0 Å². The molecule has 0 bridgehead atoms. The van der Waals surface area contributed by atoms with Crippen LogP contribution in [0.5, 0.6) is 0 Å². The van der Waals surface area contributed by atoms with Gasteiger partial charge in [-0.15, -0.1) is 0 Å². The molecule has 0 saturated carbocycles. The normalized spacial score (nSPS) is 10.3. The summed E-state index contributed by atoms with van der Waals surface area (Å²) in [6, 6.07) is 3.81. The molecule has 0 spiro atoms. The van der Waals surface area contributed by atoms with Gasteiger partial charge in [-0.1, -0.05) is 6.58 Å². The monoisotopic (exact) mass is 188 g/mol. The minimum absolute atomic E-state index is 0.743. The van der Waals surface area contributed by atoms with E-state index in [2.05, 4.69) is 16.8 Å². The molecule has 0 aliphatic heterocycles. The fourth-order valence-electron chi connectivity index (χ4n) is 1.30. The Morgan fingerprint density at radius 1 is 1.00 bits per heavy atom. The largest absolute Gasteiger partial charge is 0.269 e. The van der Waals surface area contributed by atoms with Gasteiger partial charge in [-0.2, -0.15) is 10.2 Å². The molecule has 0 radical (unpaired) electrons. The lowest BCUT2D eigenvalue weighted by Crippen LogP contribution is -2.07. The molecule has 72 valence electrons. The second-order valence-corrected chi connectivity index (χ2v) is 3.16. The maximum atomic E-state index is 4.11. The number of aromatic nitrogens is 4. The summed E-state index contributed by atoms with van der Waals surface area (Å²) in [6.45, 7) is 5.47. The van der Waals surface area contributed by atoms with Crippen molar-refractivity contribution in [2.45, 2.75) is 13.1 Å². The molecular formula is C10H12N4. The van der Waals surface area contributed by atoms with E-state index in [1.165, 1.54) is 0 Å². The van der Waals surface area contributed by atoms with Gasteiger partial charge in [0, 0.05) is 24.8 Å². The Labute approximate surface area is 82.5 Å². The first kappa shape index (κ1) is 8.74. The molecule has 2 aromatic rings. The van der Waals surface area contributed by atoms with Crippen molar-refractivity contribution in [1.29, 1.82) is 0 Å². The van der Waals surface area contributed by atoms with Crippen LogP contribution < -0.4 is 0 Å². The van der Waals surface area contributed by atoms with E-state index in [1.807, 2.05) is 33.9 Å². The SMILES string of the molecule is C=C(Cn1cccn1)Cn1cccn1. The van der Waals surface area contributed by atoms with Gasteiger partial charge in [0.1, 0.15) is 0 Å². The number of nitrogens with zero attached hydrogens (tertiary/aromatic N) is 4. The Kier molecular flexibility index (Phi) is 2.44. The van der Waals surface area contributed by atoms with Crippen LogP contribution in [0.1, 0.15) is 0 Å². The van der Waals surface area contributed by atoms with Crippen LogP contribution in [0.2, 0.25) is 0 Å². The van der Waals surface area contributed by atoms with Crippen LogP contribution in [-0.4, -0.2) is 19.6 Å². The maximum Gasteiger partial charge on any atom is 0.0634 e. The van der Waals surface area contributed by atoms with E-state index in [1.54, 1.807) is 12.4 Å². The molecule has 14 heavy (non-hydrogen) atoms. The third-order valence-corrected chi connectivity index (χ3v) is 1.89. The second kappa shape index (κ2) is 3.91. The van der Waals surface area contributed by atoms with Crippen LogP contribution in [0.4, 0.5) is 0 Å². The van der Waals surface area contributed by atoms with E-state index in [4.69, 9.17) is 0 Å². The van der Waals surface area contributed by atoms with Crippen molar-refractivity contribution in [3.8, 4) is 0 Å². The van der Waals surface area contributed by atoms with Crippen molar-refractivity contribution in [3.63, 3.8) is 0 Å². The first-order valence-corrected chi connectivity index (χ1v) is 4.46. The first-order chi connectivity index (χ1) is 6.84. The number of hydrogen-bond acceptors (Lipinski definition) is 2. The third-order valence-electron chi connectivity index (χ3n) is 1.89. The lowest BCUT2D eigenvalue weighted by atomic mass is 10.3. The molecule has 4 heteroatoms. The Morgan fingerprint density at radius 3 is 1.86 bits per heavy atom. The zero-order chi connectivity index (χ0) is 9.80. The molecule has 2 aromatic heterocycles. The molecule has 0 amide bonds. The van der Waals surface area contributed by atoms with E-state index < -0.39 is 0 Å². The summed E-state index contributed by atoms with van der Waals surface area (Å²) in [5.74, 6) is 0. The summed E-state index contributed by atoms with van der Waals surface area (Å²) in [4.78, 5) is 0. The van der Waals surface area contributed by atoms with Crippen molar-refractivity contribution in [3.05, 3.63) is 49.1 Å². The molecule has 0 fully saturated rings. The fourth-order valence-corrected chi connectivity index (χ4v) is 1.30. The predicted octanol–water partition coefficient (Wildman–Crippen LogP) is 1.34. The van der Waals surface area contributed by atoms with E-state index in [0.717, 1.165) is 18.7 Å². The lowest BCUT2D eigenvalue weighted by molar-refractivity contribution is 0.602. The summed E-state index contributed by atoms with van der Waals surface area (Å²) in [5.41, 5.74) is 1.08. The smallest absolute Gasteiger partial charge is 0.0634 e. The van der Waals surface area contributed by atoms with Gasteiger partial charge in [0.15, 0.2) is 0 Å². The molecule has 2 rings (SSSR count). The van der Waals surface area contributed by atoms with Crippen LogP contribution in [0.25, 0.3) is 0 Å². The van der Waals surface area contributed by atoms with E-state index in [-0.39, 0.29) is 0 Å². The van der Waals surface area contributed by atoms with Gasteiger partial charge >= 0.3 is 0 Å². The summed E-state index contributed by atoms with van der Waals surface area (Å²) in [5, 5.41) is 8.22. The molecule has 0 atom stereocenters. The van der Waals surface area contributed by atoms with Gasteiger partial charge < -0.3 is 0 Å². The zero-order valence-electron chi connectivity index (χ0n) is 7.87. The summed E-state index contributed by atoms with van der Waals surface area (Å²) < 4.78 is 3.71. The zero-order valence-corrected chi connectivity index (χ0v) is 7.87. The molecule has 0 aliphatic rings. The lowest BCUT2D eigenvalue weighted by Gasteiger charge is -2.05. The molecule has 0 unspecified atom stereocenters. The molecular weight excluding hydrogens is 176 g/mol. The minimum Gasteiger partial charge on any atom is -0.269 e. The molecule has 4 nitrogen and oxygen atoms in total. The molecule has 0 N–H and O–H groups in total. The van der Waals surface area contributed by atoms with Crippen molar-refractivity contribution in [2.75, 3.05) is 0 Å². The highest BCUT2D eigenvalue weighted by molar-refractivity contribution is 4.96. The topological polar surface area (TPSA) is 35.6 Å². The minimum atomic E-state index is 0.743. The van der Waals surface area contributed by atoms with Gasteiger partial charge in [0.2, 0.25) is 0 Å². The average Bonchev–Trinajstić information content (AvgIpc) is 2.76. The highest BCUT2D eigenvalue weighted by Gasteiger charge is 1.97. The molecule has 2 heterocycles. The van der Waals surface area contributed by atoms with Crippen molar-refractivity contribution >= 4 is 0 Å². The van der Waals surface area contributed by atoms with Crippen LogP contribution in [-0.2, 0) is 13.1 Å². The van der Waals surface area contributed by atoms with Crippen LogP contribution >= 0.6 is 0 Å². The molecule has 0 aliphatic carbocycles. The van der Waals surface area contributed by atoms with E-state index in [9.17, 15) is 0 Å². The van der Waals surface area contributed by atoms with Crippen molar-refractivity contribution in [1.82, 2.24) is 19.6 Å². The van der Waals surface area contributed by atoms with Gasteiger partial charge in [0.05, 0.1) is 13.1 Å². The highest BCUT2D eigenvalue weighted by atomic mass is 15.3. The van der Waals surface area contributed by atoms with Crippen molar-refractivity contribution < 1.29 is 0 Å². The second-order valence-electron chi connectivity index (χ2n) is 3.16. The fraction of sp³-hybridized carbons (Fsp3) is 0.200. The molecule has 0 aromatic carbocycles. The van der Waals surface area contributed by atoms with Gasteiger partial charge in [-0.3, -0.25) is 9.36 Å². The Balaban J connectivity index is 1.91. The number of rotatable bonds is 4. The number of hydrogen-bond donors (Lipinski definition) is 0. The maximum absolute atomic E-state index is 4.11. The Hall–Kier alpha value is -1.84. The van der Waals surface area contributed by atoms with Crippen molar-refractivity contribution in [2.24, 2.45) is 0 Å². The summed E-state index contributed by atoms with van der Waals surface area (Å²) in [6.07, 6.45) is 7.38.